The van der Waals surface area contributed by atoms with Gasteiger partial charge in [0.05, 0.1) is 7.11 Å². The molecule has 4 N–H and O–H groups in total. The second-order valence-electron chi connectivity index (χ2n) is 8.09. The van der Waals surface area contributed by atoms with E-state index in [0.717, 1.165) is 16.9 Å². The Hall–Kier alpha value is -3.96. The second kappa shape index (κ2) is 11.2. The lowest BCUT2D eigenvalue weighted by Crippen LogP contribution is -2.49. The summed E-state index contributed by atoms with van der Waals surface area (Å²) in [6.07, 6.45) is 0. The minimum absolute atomic E-state index is 0.0788. The number of aromatic nitrogens is 1. The molecule has 2 amide bonds. The summed E-state index contributed by atoms with van der Waals surface area (Å²) in [4.78, 5) is 42.3. The van der Waals surface area contributed by atoms with Crippen LogP contribution in [0.4, 0.5) is 5.13 Å². The number of nitrogens with zero attached hydrogens (tertiary/aromatic N) is 1. The third kappa shape index (κ3) is 5.64. The SMILES string of the molecule is COC(=O)c1csc(NC(=O)C(NC(=O)[C@H](N)c2ccc3c(c2)OCCO3)C(C)c2ccccc2)n1. The molecule has 1 aromatic heterocycles. The molecule has 36 heavy (non-hydrogen) atoms. The summed E-state index contributed by atoms with van der Waals surface area (Å²) in [5, 5.41) is 7.16. The number of nitrogens with one attached hydrogen (secondary N) is 2. The molecule has 3 aromatic rings. The van der Waals surface area contributed by atoms with Crippen LogP contribution in [0.5, 0.6) is 11.5 Å². The fourth-order valence-corrected chi connectivity index (χ4v) is 4.41. The number of anilines is 1. The normalized spacial score (nSPS) is 14.8. The number of benzene rings is 2. The van der Waals surface area contributed by atoms with Crippen molar-refractivity contribution in [2.24, 2.45) is 5.73 Å². The molecule has 0 radical (unpaired) electrons. The number of thiazole rings is 1. The zero-order valence-corrected chi connectivity index (χ0v) is 20.5. The summed E-state index contributed by atoms with van der Waals surface area (Å²) in [6, 6.07) is 12.3. The summed E-state index contributed by atoms with van der Waals surface area (Å²) in [5.74, 6) is -0.951. The summed E-state index contributed by atoms with van der Waals surface area (Å²) in [6.45, 7) is 2.69. The van der Waals surface area contributed by atoms with Gasteiger partial charge >= 0.3 is 5.97 Å². The molecule has 1 aliphatic rings. The van der Waals surface area contributed by atoms with Gasteiger partial charge < -0.3 is 30.6 Å². The van der Waals surface area contributed by atoms with Gasteiger partial charge in [0, 0.05) is 11.3 Å². The average Bonchev–Trinajstić information content (AvgIpc) is 3.38. The van der Waals surface area contributed by atoms with Gasteiger partial charge in [0.2, 0.25) is 11.8 Å². The van der Waals surface area contributed by atoms with E-state index in [-0.39, 0.29) is 10.8 Å². The minimum Gasteiger partial charge on any atom is -0.486 e. The van der Waals surface area contributed by atoms with Crippen molar-refractivity contribution in [3.05, 3.63) is 70.7 Å². The van der Waals surface area contributed by atoms with Crippen LogP contribution in [0.3, 0.4) is 0 Å². The maximum atomic E-state index is 13.3. The molecule has 0 fully saturated rings. The van der Waals surface area contributed by atoms with Gasteiger partial charge in [-0.25, -0.2) is 9.78 Å². The van der Waals surface area contributed by atoms with Crippen LogP contribution in [0.25, 0.3) is 0 Å². The molecule has 188 valence electrons. The summed E-state index contributed by atoms with van der Waals surface area (Å²) >= 11 is 1.07. The lowest BCUT2D eigenvalue weighted by molar-refractivity contribution is -0.127. The molecule has 4 rings (SSSR count). The van der Waals surface area contributed by atoms with Crippen molar-refractivity contribution in [2.45, 2.75) is 24.9 Å². The van der Waals surface area contributed by atoms with E-state index in [2.05, 4.69) is 20.4 Å². The van der Waals surface area contributed by atoms with E-state index in [1.807, 2.05) is 37.3 Å². The first-order valence-electron chi connectivity index (χ1n) is 11.2. The van der Waals surface area contributed by atoms with Gasteiger partial charge in [-0.2, -0.15) is 0 Å². The van der Waals surface area contributed by atoms with E-state index in [1.54, 1.807) is 18.2 Å². The van der Waals surface area contributed by atoms with Gasteiger partial charge in [-0.15, -0.1) is 11.3 Å². The van der Waals surface area contributed by atoms with E-state index in [0.29, 0.717) is 30.3 Å². The molecular formula is C25H26N4O6S. The van der Waals surface area contributed by atoms with Crippen LogP contribution in [0.1, 0.15) is 40.5 Å². The zero-order chi connectivity index (χ0) is 25.7. The summed E-state index contributed by atoms with van der Waals surface area (Å²) in [7, 11) is 1.25. The monoisotopic (exact) mass is 510 g/mol. The predicted molar refractivity (Wildman–Crippen MR) is 133 cm³/mol. The molecule has 0 saturated heterocycles. The topological polar surface area (TPSA) is 142 Å². The zero-order valence-electron chi connectivity index (χ0n) is 19.7. The standard InChI is InChI=1S/C25H26N4O6S/c1-14(15-6-4-3-5-7-15)21(23(31)29-25-27-17(13-36-25)24(32)33-2)28-22(30)20(26)16-8-9-18-19(12-16)35-11-10-34-18/h3-9,12-14,20-21H,10-11,26H2,1-2H3,(H,28,30)(H,27,29,31)/t14?,20-,21?/m1/s1. The van der Waals surface area contributed by atoms with Crippen molar-refractivity contribution in [2.75, 3.05) is 25.6 Å². The molecular weight excluding hydrogens is 484 g/mol. The Kier molecular flexibility index (Phi) is 7.81. The maximum Gasteiger partial charge on any atom is 0.357 e. The number of hydrogen-bond acceptors (Lipinski definition) is 9. The van der Waals surface area contributed by atoms with Crippen LogP contribution >= 0.6 is 11.3 Å². The van der Waals surface area contributed by atoms with Crippen LogP contribution in [0.15, 0.2) is 53.9 Å². The largest absolute Gasteiger partial charge is 0.486 e. The van der Waals surface area contributed by atoms with Crippen LogP contribution in [-0.4, -0.2) is 49.1 Å². The molecule has 0 saturated carbocycles. The van der Waals surface area contributed by atoms with E-state index in [4.69, 9.17) is 15.2 Å². The van der Waals surface area contributed by atoms with Crippen molar-refractivity contribution in [1.29, 1.82) is 0 Å². The Morgan fingerprint density at radius 1 is 1.03 bits per heavy atom. The number of esters is 1. The number of rotatable bonds is 8. The van der Waals surface area contributed by atoms with E-state index in [1.165, 1.54) is 12.5 Å². The Morgan fingerprint density at radius 3 is 2.47 bits per heavy atom. The van der Waals surface area contributed by atoms with Crippen LogP contribution in [-0.2, 0) is 14.3 Å². The highest BCUT2D eigenvalue weighted by molar-refractivity contribution is 7.14. The molecule has 0 bridgehead atoms. The van der Waals surface area contributed by atoms with Crippen LogP contribution < -0.4 is 25.8 Å². The first-order chi connectivity index (χ1) is 17.4. The molecule has 2 unspecified atom stereocenters. The number of carbonyl (C=O) groups is 3. The van der Waals surface area contributed by atoms with Crippen molar-refractivity contribution < 1.29 is 28.6 Å². The van der Waals surface area contributed by atoms with Crippen molar-refractivity contribution in [1.82, 2.24) is 10.3 Å². The highest BCUT2D eigenvalue weighted by Gasteiger charge is 2.31. The van der Waals surface area contributed by atoms with Gasteiger partial charge in [-0.1, -0.05) is 43.3 Å². The van der Waals surface area contributed by atoms with Gasteiger partial charge in [0.25, 0.3) is 0 Å². The third-order valence-corrected chi connectivity index (χ3v) is 6.50. The minimum atomic E-state index is -1.05. The molecule has 0 spiro atoms. The third-order valence-electron chi connectivity index (χ3n) is 5.74. The molecule has 2 heterocycles. The average molecular weight is 511 g/mol. The first-order valence-corrected chi connectivity index (χ1v) is 12.1. The number of hydrogen-bond donors (Lipinski definition) is 3. The molecule has 1 aliphatic heterocycles. The predicted octanol–water partition coefficient (Wildman–Crippen LogP) is 2.63. The Labute approximate surface area is 211 Å². The quantitative estimate of drug-likeness (QED) is 0.393. The van der Waals surface area contributed by atoms with Gasteiger partial charge in [0.1, 0.15) is 25.3 Å². The first kappa shape index (κ1) is 25.1. The van der Waals surface area contributed by atoms with Gasteiger partial charge in [0.15, 0.2) is 22.3 Å². The fraction of sp³-hybridized carbons (Fsp3) is 0.280. The van der Waals surface area contributed by atoms with Crippen molar-refractivity contribution in [3.8, 4) is 11.5 Å². The highest BCUT2D eigenvalue weighted by Crippen LogP contribution is 2.32. The Morgan fingerprint density at radius 2 is 1.75 bits per heavy atom. The van der Waals surface area contributed by atoms with Crippen LogP contribution in [0.2, 0.25) is 0 Å². The lowest BCUT2D eigenvalue weighted by Gasteiger charge is -2.26. The number of amides is 2. The Balaban J connectivity index is 1.54. The van der Waals surface area contributed by atoms with Crippen molar-refractivity contribution in [3.63, 3.8) is 0 Å². The molecule has 3 atom stereocenters. The van der Waals surface area contributed by atoms with Gasteiger partial charge in [-0.05, 0) is 23.3 Å². The molecule has 2 aromatic carbocycles. The molecule has 0 aliphatic carbocycles. The smallest absolute Gasteiger partial charge is 0.357 e. The number of ether oxygens (including phenoxy) is 3. The molecule has 11 heteroatoms. The summed E-state index contributed by atoms with van der Waals surface area (Å²) in [5.41, 5.74) is 7.71. The van der Waals surface area contributed by atoms with Crippen molar-refractivity contribution >= 4 is 34.3 Å². The Bertz CT molecular complexity index is 1250. The van der Waals surface area contributed by atoms with Gasteiger partial charge in [-0.3, -0.25) is 9.59 Å². The second-order valence-corrected chi connectivity index (χ2v) is 8.94. The fourth-order valence-electron chi connectivity index (χ4n) is 3.73. The number of methoxy groups -OCH3 is 1. The maximum absolute atomic E-state index is 13.3. The molecule has 10 nitrogen and oxygen atoms in total. The highest BCUT2D eigenvalue weighted by atomic mass is 32.1. The summed E-state index contributed by atoms with van der Waals surface area (Å²) < 4.78 is 15.8. The number of carbonyl (C=O) groups excluding carboxylic acids is 3. The van der Waals surface area contributed by atoms with E-state index >= 15 is 0 Å². The van der Waals surface area contributed by atoms with E-state index in [9.17, 15) is 14.4 Å². The lowest BCUT2D eigenvalue weighted by atomic mass is 9.92. The van der Waals surface area contributed by atoms with E-state index < -0.39 is 35.8 Å². The number of nitrogens with two attached hydrogens (primary N) is 1. The number of fused-ring (bicyclic) bond motifs is 1. The van der Waals surface area contributed by atoms with Crippen LogP contribution in [0, 0.1) is 0 Å².